The molecule has 1 amide bonds. The highest BCUT2D eigenvalue weighted by atomic mass is 16.5. The molecule has 2 N–H and O–H groups in total. The highest BCUT2D eigenvalue weighted by Gasteiger charge is 2.19. The van der Waals surface area contributed by atoms with Gasteiger partial charge in [-0.3, -0.25) is 4.79 Å². The van der Waals surface area contributed by atoms with E-state index in [1.165, 1.54) is 11.1 Å². The van der Waals surface area contributed by atoms with Crippen molar-refractivity contribution >= 4 is 16.9 Å². The number of imidazole rings is 1. The van der Waals surface area contributed by atoms with Crippen molar-refractivity contribution in [3.8, 4) is 5.75 Å². The molecule has 5 heteroatoms. The molecule has 156 valence electrons. The summed E-state index contributed by atoms with van der Waals surface area (Å²) in [7, 11) is 0. The van der Waals surface area contributed by atoms with Gasteiger partial charge in [-0.15, -0.1) is 0 Å². The van der Waals surface area contributed by atoms with E-state index in [-0.39, 0.29) is 11.9 Å². The van der Waals surface area contributed by atoms with Gasteiger partial charge in [-0.2, -0.15) is 0 Å². The zero-order valence-corrected chi connectivity index (χ0v) is 17.3. The predicted octanol–water partition coefficient (Wildman–Crippen LogP) is 4.53. The van der Waals surface area contributed by atoms with Crippen molar-refractivity contribution in [3.63, 3.8) is 0 Å². The van der Waals surface area contributed by atoms with Crippen LogP contribution in [-0.4, -0.2) is 22.5 Å². The summed E-state index contributed by atoms with van der Waals surface area (Å²) in [5.41, 5.74) is 5.45. The first-order chi connectivity index (χ1) is 15.2. The number of hydrogen-bond acceptors (Lipinski definition) is 3. The molecule has 1 aliphatic rings. The summed E-state index contributed by atoms with van der Waals surface area (Å²) >= 11 is 0. The van der Waals surface area contributed by atoms with E-state index < -0.39 is 0 Å². The van der Waals surface area contributed by atoms with E-state index in [1.807, 2.05) is 48.5 Å². The number of carbonyl (C=O) groups excluding carboxylic acids is 1. The molecule has 1 aromatic heterocycles. The number of hydrogen-bond donors (Lipinski definition) is 2. The van der Waals surface area contributed by atoms with Gasteiger partial charge in [0.05, 0.1) is 23.7 Å². The molecule has 0 saturated heterocycles. The second-order valence-electron chi connectivity index (χ2n) is 7.99. The molecule has 0 fully saturated rings. The summed E-state index contributed by atoms with van der Waals surface area (Å²) in [6, 6.07) is 24.2. The second kappa shape index (κ2) is 8.64. The standard InChI is InChI=1S/C26H25N3O2/c30-25(13-11-19-10-12-24-20(16-19)14-15-31-24)27-23(17-18-6-2-1-3-7-18)26-28-21-8-4-5-9-22(21)29-26/h1-10,12,16,23H,11,13-15,17H2,(H,27,30)(H,28,29)/t23-/m1/s1. The summed E-state index contributed by atoms with van der Waals surface area (Å²) in [6.07, 6.45) is 2.77. The van der Waals surface area contributed by atoms with Crippen LogP contribution in [0.4, 0.5) is 0 Å². The fraction of sp³-hybridized carbons (Fsp3) is 0.231. The molecule has 2 heterocycles. The third-order valence-corrected chi connectivity index (χ3v) is 5.75. The number of nitrogens with zero attached hydrogens (tertiary/aromatic N) is 1. The van der Waals surface area contributed by atoms with Crippen LogP contribution < -0.4 is 10.1 Å². The lowest BCUT2D eigenvalue weighted by atomic mass is 10.0. The van der Waals surface area contributed by atoms with Crippen molar-refractivity contribution in [2.24, 2.45) is 0 Å². The number of aromatic amines is 1. The third-order valence-electron chi connectivity index (χ3n) is 5.75. The molecule has 0 spiro atoms. The molecular formula is C26H25N3O2. The number of amides is 1. The fourth-order valence-electron chi connectivity index (χ4n) is 4.12. The molecule has 31 heavy (non-hydrogen) atoms. The van der Waals surface area contributed by atoms with Crippen LogP contribution in [0.25, 0.3) is 11.0 Å². The van der Waals surface area contributed by atoms with E-state index in [9.17, 15) is 4.79 Å². The Bertz CT molecular complexity index is 1170. The van der Waals surface area contributed by atoms with Crippen LogP contribution in [0.3, 0.4) is 0 Å². The van der Waals surface area contributed by atoms with Crippen molar-refractivity contribution in [1.82, 2.24) is 15.3 Å². The minimum absolute atomic E-state index is 0.0261. The lowest BCUT2D eigenvalue weighted by Crippen LogP contribution is -2.31. The maximum Gasteiger partial charge on any atom is 0.220 e. The van der Waals surface area contributed by atoms with Gasteiger partial charge >= 0.3 is 0 Å². The topological polar surface area (TPSA) is 67.0 Å². The number of aromatic nitrogens is 2. The molecular weight excluding hydrogens is 386 g/mol. The molecule has 1 aliphatic heterocycles. The first-order valence-electron chi connectivity index (χ1n) is 10.8. The predicted molar refractivity (Wildman–Crippen MR) is 121 cm³/mol. The van der Waals surface area contributed by atoms with Gasteiger partial charge in [0, 0.05) is 12.8 Å². The Balaban J connectivity index is 1.30. The van der Waals surface area contributed by atoms with E-state index in [4.69, 9.17) is 9.72 Å². The lowest BCUT2D eigenvalue weighted by Gasteiger charge is -2.17. The molecule has 5 nitrogen and oxygen atoms in total. The zero-order chi connectivity index (χ0) is 21.0. The van der Waals surface area contributed by atoms with Gasteiger partial charge in [-0.05, 0) is 47.7 Å². The minimum atomic E-state index is -0.212. The third kappa shape index (κ3) is 4.45. The number of H-pyrrole nitrogens is 1. The number of ether oxygens (including phenoxy) is 1. The largest absolute Gasteiger partial charge is 0.493 e. The molecule has 4 aromatic rings. The van der Waals surface area contributed by atoms with Crippen molar-refractivity contribution in [2.45, 2.75) is 31.7 Å². The molecule has 0 bridgehead atoms. The van der Waals surface area contributed by atoms with E-state index in [0.29, 0.717) is 19.3 Å². The SMILES string of the molecule is O=C(CCc1ccc2c(c1)CCO2)N[C@H](Cc1ccccc1)c1nc2ccccc2[nH]1. The highest BCUT2D eigenvalue weighted by Crippen LogP contribution is 2.26. The number of nitrogens with one attached hydrogen (secondary N) is 2. The summed E-state index contributed by atoms with van der Waals surface area (Å²) in [5.74, 6) is 1.78. The Labute approximate surface area is 181 Å². The van der Waals surface area contributed by atoms with Crippen LogP contribution in [0, 0.1) is 0 Å². The van der Waals surface area contributed by atoms with Crippen molar-refractivity contribution in [3.05, 3.63) is 95.3 Å². The van der Waals surface area contributed by atoms with Gasteiger partial charge < -0.3 is 15.0 Å². The van der Waals surface area contributed by atoms with Crippen molar-refractivity contribution in [1.29, 1.82) is 0 Å². The maximum absolute atomic E-state index is 12.9. The Hall–Kier alpha value is -3.60. The van der Waals surface area contributed by atoms with E-state index >= 15 is 0 Å². The number of fused-ring (bicyclic) bond motifs is 2. The van der Waals surface area contributed by atoms with Crippen LogP contribution in [0.1, 0.15) is 35.0 Å². The van der Waals surface area contributed by atoms with Gasteiger partial charge in [0.25, 0.3) is 0 Å². The van der Waals surface area contributed by atoms with E-state index in [2.05, 4.69) is 34.6 Å². The Morgan fingerprint density at radius 2 is 1.87 bits per heavy atom. The average Bonchev–Trinajstić information content (AvgIpc) is 3.44. The van der Waals surface area contributed by atoms with Crippen LogP contribution in [-0.2, 0) is 24.1 Å². The second-order valence-corrected chi connectivity index (χ2v) is 7.99. The van der Waals surface area contributed by atoms with Crippen LogP contribution in [0.5, 0.6) is 5.75 Å². The maximum atomic E-state index is 12.9. The van der Waals surface area contributed by atoms with Crippen molar-refractivity contribution in [2.75, 3.05) is 6.61 Å². The summed E-state index contributed by atoms with van der Waals surface area (Å²) in [4.78, 5) is 21.0. The smallest absolute Gasteiger partial charge is 0.220 e. The normalized spacial score (nSPS) is 13.5. The van der Waals surface area contributed by atoms with Gasteiger partial charge in [-0.1, -0.05) is 54.6 Å². The van der Waals surface area contributed by atoms with Crippen LogP contribution in [0.15, 0.2) is 72.8 Å². The number of rotatable bonds is 7. The van der Waals surface area contributed by atoms with Crippen molar-refractivity contribution < 1.29 is 9.53 Å². The summed E-state index contributed by atoms with van der Waals surface area (Å²) in [6.45, 7) is 0.748. The van der Waals surface area contributed by atoms with E-state index in [0.717, 1.165) is 41.2 Å². The fourth-order valence-corrected chi connectivity index (χ4v) is 4.12. The Kier molecular flexibility index (Phi) is 5.40. The van der Waals surface area contributed by atoms with Gasteiger partial charge in [0.15, 0.2) is 0 Å². The van der Waals surface area contributed by atoms with E-state index in [1.54, 1.807) is 0 Å². The first kappa shape index (κ1) is 19.4. The summed E-state index contributed by atoms with van der Waals surface area (Å²) in [5, 5.41) is 3.21. The molecule has 1 atom stereocenters. The summed E-state index contributed by atoms with van der Waals surface area (Å²) < 4.78 is 5.57. The number of benzene rings is 3. The lowest BCUT2D eigenvalue weighted by molar-refractivity contribution is -0.121. The zero-order valence-electron chi connectivity index (χ0n) is 17.3. The minimum Gasteiger partial charge on any atom is -0.493 e. The van der Waals surface area contributed by atoms with Gasteiger partial charge in [-0.25, -0.2) is 4.98 Å². The number of aryl methyl sites for hydroxylation is 1. The average molecular weight is 412 g/mol. The Morgan fingerprint density at radius 3 is 2.74 bits per heavy atom. The number of carbonyl (C=O) groups is 1. The molecule has 3 aromatic carbocycles. The van der Waals surface area contributed by atoms with Gasteiger partial charge in [0.2, 0.25) is 5.91 Å². The quantitative estimate of drug-likeness (QED) is 0.470. The molecule has 0 saturated carbocycles. The monoisotopic (exact) mass is 411 g/mol. The molecule has 5 rings (SSSR count). The Morgan fingerprint density at radius 1 is 1.03 bits per heavy atom. The first-order valence-corrected chi connectivity index (χ1v) is 10.8. The molecule has 0 unspecified atom stereocenters. The highest BCUT2D eigenvalue weighted by molar-refractivity contribution is 5.78. The molecule has 0 aliphatic carbocycles. The number of para-hydroxylation sites is 2. The molecule has 0 radical (unpaired) electrons. The van der Waals surface area contributed by atoms with Crippen LogP contribution in [0.2, 0.25) is 0 Å². The van der Waals surface area contributed by atoms with Crippen LogP contribution >= 0.6 is 0 Å². The van der Waals surface area contributed by atoms with Gasteiger partial charge in [0.1, 0.15) is 11.6 Å².